The molecule has 3 aromatic heterocycles. The second-order valence-electron chi connectivity index (χ2n) is 7.20. The maximum atomic E-state index is 13.0. The second-order valence-corrected chi connectivity index (χ2v) is 8.20. The molecule has 3 aromatic rings. The summed E-state index contributed by atoms with van der Waals surface area (Å²) in [7, 11) is 0. The molecule has 1 amide bonds. The van der Waals surface area contributed by atoms with Gasteiger partial charge in [-0.15, -0.1) is 11.3 Å². The number of hydrogen-bond acceptors (Lipinski definition) is 3. The Bertz CT molecular complexity index is 992. The van der Waals surface area contributed by atoms with E-state index in [9.17, 15) is 4.79 Å². The largest absolute Gasteiger partial charge is 0.351 e. The molecule has 4 nitrogen and oxygen atoms in total. The van der Waals surface area contributed by atoms with E-state index >= 15 is 0 Å². The fourth-order valence-corrected chi connectivity index (χ4v) is 4.91. The van der Waals surface area contributed by atoms with Crippen molar-refractivity contribution in [3.63, 3.8) is 0 Å². The van der Waals surface area contributed by atoms with Crippen molar-refractivity contribution in [3.8, 4) is 5.69 Å². The molecule has 4 rings (SSSR count). The number of hydrogen-bond donors (Lipinski definition) is 1. The zero-order valence-electron chi connectivity index (χ0n) is 15.9. The average Bonchev–Trinajstić information content (AvgIpc) is 3.22. The minimum Gasteiger partial charge on any atom is -0.351 e. The van der Waals surface area contributed by atoms with E-state index < -0.39 is 0 Å². The molecular weight excluding hydrogens is 354 g/mol. The standard InChI is InChI=1S/C22H25N3OS/c1-15-10-11-16(2)25(15)19-18-9-6-13-24-22(18)27-20(19)21(26)23-14-12-17-7-4-3-5-8-17/h6-7,9-11,13H,3-5,8,12,14H2,1-2H3,(H,23,26). The molecule has 0 spiro atoms. The lowest BCUT2D eigenvalue weighted by molar-refractivity contribution is 0.0958. The number of carbonyl (C=O) groups is 1. The summed E-state index contributed by atoms with van der Waals surface area (Å²) >= 11 is 1.48. The van der Waals surface area contributed by atoms with Crippen LogP contribution in [0.15, 0.2) is 42.1 Å². The number of rotatable bonds is 5. The van der Waals surface area contributed by atoms with E-state index in [0.717, 1.165) is 38.6 Å². The van der Waals surface area contributed by atoms with E-state index in [-0.39, 0.29) is 5.91 Å². The van der Waals surface area contributed by atoms with Crippen LogP contribution in [0.25, 0.3) is 15.9 Å². The number of allylic oxidation sites excluding steroid dienone is 1. The lowest BCUT2D eigenvalue weighted by Crippen LogP contribution is -2.25. The molecule has 0 unspecified atom stereocenters. The van der Waals surface area contributed by atoms with Crippen LogP contribution in [0.4, 0.5) is 0 Å². The lowest BCUT2D eigenvalue weighted by atomic mass is 9.97. The predicted molar refractivity (Wildman–Crippen MR) is 112 cm³/mol. The van der Waals surface area contributed by atoms with E-state index in [1.807, 2.05) is 6.07 Å². The van der Waals surface area contributed by atoms with Crippen molar-refractivity contribution in [2.24, 2.45) is 0 Å². The highest BCUT2D eigenvalue weighted by Crippen LogP contribution is 2.34. The molecule has 0 saturated carbocycles. The van der Waals surface area contributed by atoms with Gasteiger partial charge in [-0.05, 0) is 70.2 Å². The van der Waals surface area contributed by atoms with Crippen LogP contribution in [0, 0.1) is 13.8 Å². The smallest absolute Gasteiger partial charge is 0.263 e. The van der Waals surface area contributed by atoms with Crippen LogP contribution < -0.4 is 5.32 Å². The molecule has 0 saturated heterocycles. The van der Waals surface area contributed by atoms with Crippen molar-refractivity contribution < 1.29 is 4.79 Å². The van der Waals surface area contributed by atoms with Crippen molar-refractivity contribution in [1.82, 2.24) is 14.9 Å². The van der Waals surface area contributed by atoms with Crippen LogP contribution in [-0.2, 0) is 0 Å². The van der Waals surface area contributed by atoms with Crippen molar-refractivity contribution in [3.05, 3.63) is 58.4 Å². The zero-order chi connectivity index (χ0) is 18.8. The van der Waals surface area contributed by atoms with Gasteiger partial charge in [0.2, 0.25) is 0 Å². The predicted octanol–water partition coefficient (Wildman–Crippen LogP) is 5.32. The number of amides is 1. The first-order valence-electron chi connectivity index (χ1n) is 9.64. The summed E-state index contributed by atoms with van der Waals surface area (Å²) in [5, 5.41) is 4.17. The number of aryl methyl sites for hydroxylation is 2. The third kappa shape index (κ3) is 3.56. The Morgan fingerprint density at radius 1 is 1.22 bits per heavy atom. The molecule has 27 heavy (non-hydrogen) atoms. The number of nitrogens with one attached hydrogen (secondary N) is 1. The van der Waals surface area contributed by atoms with Crippen LogP contribution in [0.1, 0.15) is 53.2 Å². The molecule has 1 aliphatic rings. The molecule has 0 aromatic carbocycles. The monoisotopic (exact) mass is 379 g/mol. The van der Waals surface area contributed by atoms with Crippen LogP contribution in [0.2, 0.25) is 0 Å². The minimum atomic E-state index is -0.00286. The second kappa shape index (κ2) is 7.69. The molecule has 1 N–H and O–H groups in total. The topological polar surface area (TPSA) is 46.9 Å². The Labute approximate surface area is 163 Å². The van der Waals surface area contributed by atoms with Crippen molar-refractivity contribution >= 4 is 27.5 Å². The van der Waals surface area contributed by atoms with Gasteiger partial charge in [0.15, 0.2) is 0 Å². The molecule has 0 bridgehead atoms. The summed E-state index contributed by atoms with van der Waals surface area (Å²) in [4.78, 5) is 19.2. The number of carbonyl (C=O) groups excluding carboxylic acids is 1. The maximum Gasteiger partial charge on any atom is 0.263 e. The first-order valence-corrected chi connectivity index (χ1v) is 10.5. The molecule has 3 heterocycles. The summed E-state index contributed by atoms with van der Waals surface area (Å²) in [6.45, 7) is 4.84. The van der Waals surface area contributed by atoms with Gasteiger partial charge >= 0.3 is 0 Å². The van der Waals surface area contributed by atoms with Crippen molar-refractivity contribution in [2.45, 2.75) is 46.0 Å². The molecule has 1 aliphatic carbocycles. The third-order valence-electron chi connectivity index (χ3n) is 5.26. The van der Waals surface area contributed by atoms with E-state index in [1.54, 1.807) is 6.20 Å². The Hall–Kier alpha value is -2.40. The van der Waals surface area contributed by atoms with Gasteiger partial charge < -0.3 is 9.88 Å². The first kappa shape index (κ1) is 18.0. The molecule has 140 valence electrons. The molecule has 0 atom stereocenters. The minimum absolute atomic E-state index is 0.00286. The average molecular weight is 380 g/mol. The summed E-state index contributed by atoms with van der Waals surface area (Å²) < 4.78 is 2.17. The Morgan fingerprint density at radius 2 is 2.04 bits per heavy atom. The van der Waals surface area contributed by atoms with Gasteiger partial charge in [-0.2, -0.15) is 0 Å². The summed E-state index contributed by atoms with van der Waals surface area (Å²) in [6.07, 6.45) is 10.0. The van der Waals surface area contributed by atoms with Gasteiger partial charge in [0, 0.05) is 29.5 Å². The Morgan fingerprint density at radius 3 is 2.78 bits per heavy atom. The van der Waals surface area contributed by atoms with Gasteiger partial charge in [-0.1, -0.05) is 11.6 Å². The maximum absolute atomic E-state index is 13.0. The Balaban J connectivity index is 1.64. The highest BCUT2D eigenvalue weighted by Gasteiger charge is 2.22. The van der Waals surface area contributed by atoms with E-state index in [2.05, 4.69) is 53.0 Å². The quantitative estimate of drug-likeness (QED) is 0.610. The highest BCUT2D eigenvalue weighted by molar-refractivity contribution is 7.21. The van der Waals surface area contributed by atoms with Gasteiger partial charge in [0.25, 0.3) is 5.91 Å². The van der Waals surface area contributed by atoms with E-state index in [1.165, 1.54) is 42.6 Å². The molecule has 0 aliphatic heterocycles. The third-order valence-corrected chi connectivity index (χ3v) is 6.36. The van der Waals surface area contributed by atoms with Crippen molar-refractivity contribution in [1.29, 1.82) is 0 Å². The van der Waals surface area contributed by atoms with Crippen molar-refractivity contribution in [2.75, 3.05) is 6.54 Å². The van der Waals surface area contributed by atoms with Gasteiger partial charge in [-0.3, -0.25) is 4.79 Å². The summed E-state index contributed by atoms with van der Waals surface area (Å²) in [5.74, 6) is -0.00286. The SMILES string of the molecule is Cc1ccc(C)n1-c1c(C(=O)NCCC2=CCCCC2)sc2ncccc12. The fourth-order valence-electron chi connectivity index (χ4n) is 3.87. The number of nitrogens with zero attached hydrogens (tertiary/aromatic N) is 2. The number of aromatic nitrogens is 2. The number of fused-ring (bicyclic) bond motifs is 1. The highest BCUT2D eigenvalue weighted by atomic mass is 32.1. The van der Waals surface area contributed by atoms with Gasteiger partial charge in [-0.25, -0.2) is 4.98 Å². The summed E-state index contributed by atoms with van der Waals surface area (Å²) in [5.41, 5.74) is 4.68. The molecular formula is C22H25N3OS. The number of pyridine rings is 1. The summed E-state index contributed by atoms with van der Waals surface area (Å²) in [6, 6.07) is 8.17. The van der Waals surface area contributed by atoms with Crippen LogP contribution in [0.3, 0.4) is 0 Å². The zero-order valence-corrected chi connectivity index (χ0v) is 16.7. The Kier molecular flexibility index (Phi) is 5.12. The van der Waals surface area contributed by atoms with Gasteiger partial charge in [0.05, 0.1) is 5.69 Å². The van der Waals surface area contributed by atoms with Crippen LogP contribution >= 0.6 is 11.3 Å². The molecule has 5 heteroatoms. The van der Waals surface area contributed by atoms with Crippen LogP contribution in [0.5, 0.6) is 0 Å². The fraction of sp³-hybridized carbons (Fsp3) is 0.364. The number of thiophene rings is 1. The van der Waals surface area contributed by atoms with Gasteiger partial charge in [0.1, 0.15) is 9.71 Å². The normalized spacial score (nSPS) is 14.4. The van der Waals surface area contributed by atoms with Crippen LogP contribution in [-0.4, -0.2) is 22.0 Å². The lowest BCUT2D eigenvalue weighted by Gasteiger charge is -2.14. The molecule has 0 fully saturated rings. The first-order chi connectivity index (χ1) is 13.1. The van der Waals surface area contributed by atoms with E-state index in [4.69, 9.17) is 0 Å². The molecule has 0 radical (unpaired) electrons. The van der Waals surface area contributed by atoms with E-state index in [0.29, 0.717) is 6.54 Å².